The summed E-state index contributed by atoms with van der Waals surface area (Å²) in [5.74, 6) is 0. The second kappa shape index (κ2) is 7.30. The molecule has 1 heterocycles. The summed E-state index contributed by atoms with van der Waals surface area (Å²) in [6.07, 6.45) is 0. The van der Waals surface area contributed by atoms with Crippen molar-refractivity contribution in [2.24, 2.45) is 0 Å². The Morgan fingerprint density at radius 2 is 0.742 bits per heavy atom. The Labute approximate surface area is 182 Å². The van der Waals surface area contributed by atoms with Gasteiger partial charge in [0.2, 0.25) is 0 Å². The van der Waals surface area contributed by atoms with Crippen LogP contribution in [-0.4, -0.2) is 0 Å². The highest BCUT2D eigenvalue weighted by Gasteiger charge is 2.25. The average molecular weight is 396 g/mol. The van der Waals surface area contributed by atoms with E-state index in [0.29, 0.717) is 0 Å². The van der Waals surface area contributed by atoms with Gasteiger partial charge in [0.25, 0.3) is 0 Å². The van der Waals surface area contributed by atoms with Gasteiger partial charge in [-0.2, -0.15) is 0 Å². The van der Waals surface area contributed by atoms with Gasteiger partial charge in [-0.3, -0.25) is 0 Å². The topological polar surface area (TPSA) is 3.24 Å². The molecule has 0 fully saturated rings. The summed E-state index contributed by atoms with van der Waals surface area (Å²) in [7, 11) is 0. The van der Waals surface area contributed by atoms with Crippen LogP contribution in [0.25, 0.3) is 33.4 Å². The number of para-hydroxylation sites is 2. The number of nitrogens with zero attached hydrogens (tertiary/aromatic N) is 1. The summed E-state index contributed by atoms with van der Waals surface area (Å²) in [6.45, 7) is 0. The van der Waals surface area contributed by atoms with Crippen molar-refractivity contribution in [2.45, 2.75) is 0 Å². The molecule has 0 saturated heterocycles. The minimum Gasteiger partial charge on any atom is -0.309 e. The molecule has 31 heavy (non-hydrogen) atoms. The van der Waals surface area contributed by atoms with Crippen LogP contribution in [0.1, 0.15) is 0 Å². The Balaban J connectivity index is 1.58. The summed E-state index contributed by atoms with van der Waals surface area (Å²) in [5, 5.41) is 0. The van der Waals surface area contributed by atoms with Crippen molar-refractivity contribution in [3.05, 3.63) is 127 Å². The van der Waals surface area contributed by atoms with Crippen LogP contribution < -0.4 is 4.90 Å². The molecule has 0 N–H and O–H groups in total. The lowest BCUT2D eigenvalue weighted by Gasteiger charge is -2.27. The van der Waals surface area contributed by atoms with Crippen molar-refractivity contribution in [3.63, 3.8) is 0 Å². The lowest BCUT2D eigenvalue weighted by molar-refractivity contribution is 1.29. The second-order valence-corrected chi connectivity index (χ2v) is 7.83. The van der Waals surface area contributed by atoms with E-state index in [0.717, 1.165) is 5.69 Å². The predicted octanol–water partition coefficient (Wildman–Crippen LogP) is 8.47. The van der Waals surface area contributed by atoms with E-state index in [4.69, 9.17) is 0 Å². The number of hydrogen-bond donors (Lipinski definition) is 0. The van der Waals surface area contributed by atoms with Crippen LogP contribution in [0.5, 0.6) is 0 Å². The van der Waals surface area contributed by atoms with Crippen LogP contribution in [0.4, 0.5) is 17.1 Å². The molecule has 146 valence electrons. The molecule has 0 radical (unpaired) electrons. The second-order valence-electron chi connectivity index (χ2n) is 7.83. The van der Waals surface area contributed by atoms with Crippen LogP contribution in [0.3, 0.4) is 0 Å². The van der Waals surface area contributed by atoms with Crippen LogP contribution in [-0.2, 0) is 0 Å². The zero-order chi connectivity index (χ0) is 20.6. The standard InChI is InChI=1S/C30H21N/c1-2-10-22(11-3-1)23-18-20-24(21-19-23)31-29-16-8-6-14-27(29)25-12-4-5-13-26(25)28-15-7-9-17-30(28)31/h1-21H. The molecular weight excluding hydrogens is 374 g/mol. The first-order valence-electron chi connectivity index (χ1n) is 10.6. The molecule has 6 rings (SSSR count). The molecule has 0 aliphatic carbocycles. The maximum absolute atomic E-state index is 2.39. The molecule has 1 aliphatic heterocycles. The molecule has 0 saturated carbocycles. The summed E-state index contributed by atoms with van der Waals surface area (Å²) in [6, 6.07) is 45.5. The number of benzene rings is 5. The quantitative estimate of drug-likeness (QED) is 0.284. The molecule has 5 aromatic rings. The van der Waals surface area contributed by atoms with Crippen LogP contribution >= 0.6 is 0 Å². The van der Waals surface area contributed by atoms with Gasteiger partial charge in [-0.05, 0) is 46.5 Å². The molecule has 1 aliphatic rings. The normalized spacial score (nSPS) is 11.8. The molecule has 5 aromatic carbocycles. The highest BCUT2D eigenvalue weighted by molar-refractivity contribution is 6.02. The summed E-state index contributed by atoms with van der Waals surface area (Å²) in [4.78, 5) is 2.39. The van der Waals surface area contributed by atoms with Crippen molar-refractivity contribution < 1.29 is 0 Å². The highest BCUT2D eigenvalue weighted by atomic mass is 15.1. The molecule has 0 atom stereocenters. The van der Waals surface area contributed by atoms with Gasteiger partial charge >= 0.3 is 0 Å². The minimum atomic E-state index is 1.16. The third-order valence-corrected chi connectivity index (χ3v) is 6.03. The zero-order valence-corrected chi connectivity index (χ0v) is 17.1. The molecule has 1 nitrogen and oxygen atoms in total. The lowest BCUT2D eigenvalue weighted by Crippen LogP contribution is -2.10. The fourth-order valence-corrected chi connectivity index (χ4v) is 4.59. The SMILES string of the molecule is c1ccc(-c2ccc(N3c4ccccc4-c4ccccc4-c4ccccc43)cc2)cc1. The summed E-state index contributed by atoms with van der Waals surface area (Å²) in [5.41, 5.74) is 11.1. The van der Waals surface area contributed by atoms with Gasteiger partial charge < -0.3 is 4.90 Å². The Kier molecular flexibility index (Phi) is 4.18. The fraction of sp³-hybridized carbons (Fsp3) is 0. The monoisotopic (exact) mass is 395 g/mol. The highest BCUT2D eigenvalue weighted by Crippen LogP contribution is 2.50. The van der Waals surface area contributed by atoms with Crippen LogP contribution in [0.15, 0.2) is 127 Å². The van der Waals surface area contributed by atoms with Gasteiger partial charge in [0.15, 0.2) is 0 Å². The van der Waals surface area contributed by atoms with E-state index in [1.54, 1.807) is 0 Å². The van der Waals surface area contributed by atoms with Crippen molar-refractivity contribution >= 4 is 17.1 Å². The fourth-order valence-electron chi connectivity index (χ4n) is 4.59. The van der Waals surface area contributed by atoms with E-state index in [2.05, 4.69) is 132 Å². The van der Waals surface area contributed by atoms with Gasteiger partial charge in [0.1, 0.15) is 0 Å². The third kappa shape index (κ3) is 2.94. The van der Waals surface area contributed by atoms with Crippen molar-refractivity contribution in [1.29, 1.82) is 0 Å². The van der Waals surface area contributed by atoms with E-state index < -0.39 is 0 Å². The van der Waals surface area contributed by atoms with Gasteiger partial charge in [0, 0.05) is 16.8 Å². The van der Waals surface area contributed by atoms with Gasteiger partial charge in [-0.1, -0.05) is 103 Å². The Hall–Kier alpha value is -4.10. The maximum atomic E-state index is 2.39. The molecule has 0 aromatic heterocycles. The molecule has 0 unspecified atom stereocenters. The maximum Gasteiger partial charge on any atom is 0.0540 e. The Morgan fingerprint density at radius 3 is 1.29 bits per heavy atom. The van der Waals surface area contributed by atoms with E-state index in [1.807, 2.05) is 0 Å². The zero-order valence-electron chi connectivity index (χ0n) is 17.1. The number of anilines is 3. The molecule has 0 spiro atoms. The van der Waals surface area contributed by atoms with E-state index in [9.17, 15) is 0 Å². The van der Waals surface area contributed by atoms with E-state index in [1.165, 1.54) is 44.8 Å². The van der Waals surface area contributed by atoms with Gasteiger partial charge in [-0.25, -0.2) is 0 Å². The predicted molar refractivity (Wildman–Crippen MR) is 131 cm³/mol. The first-order chi connectivity index (χ1) is 15.4. The van der Waals surface area contributed by atoms with Crippen molar-refractivity contribution in [3.8, 4) is 33.4 Å². The smallest absolute Gasteiger partial charge is 0.0540 e. The Morgan fingerprint density at radius 1 is 0.323 bits per heavy atom. The van der Waals surface area contributed by atoms with E-state index in [-0.39, 0.29) is 0 Å². The van der Waals surface area contributed by atoms with E-state index >= 15 is 0 Å². The summed E-state index contributed by atoms with van der Waals surface area (Å²) >= 11 is 0. The van der Waals surface area contributed by atoms with Crippen molar-refractivity contribution in [1.82, 2.24) is 0 Å². The molecule has 0 bridgehead atoms. The van der Waals surface area contributed by atoms with Crippen LogP contribution in [0.2, 0.25) is 0 Å². The number of fused-ring (bicyclic) bond motifs is 5. The molecule has 1 heteroatoms. The number of hydrogen-bond acceptors (Lipinski definition) is 1. The van der Waals surface area contributed by atoms with Crippen molar-refractivity contribution in [2.75, 3.05) is 4.90 Å². The first-order valence-corrected chi connectivity index (χ1v) is 10.6. The minimum absolute atomic E-state index is 1.16. The summed E-state index contributed by atoms with van der Waals surface area (Å²) < 4.78 is 0. The molecular formula is C30H21N. The first kappa shape index (κ1) is 17.7. The van der Waals surface area contributed by atoms with Crippen LogP contribution in [0, 0.1) is 0 Å². The largest absolute Gasteiger partial charge is 0.309 e. The average Bonchev–Trinajstić information content (AvgIpc) is 2.98. The number of rotatable bonds is 2. The van der Waals surface area contributed by atoms with Gasteiger partial charge in [-0.15, -0.1) is 0 Å². The molecule has 0 amide bonds. The lowest BCUT2D eigenvalue weighted by atomic mass is 9.95. The third-order valence-electron chi connectivity index (χ3n) is 6.03. The van der Waals surface area contributed by atoms with Gasteiger partial charge in [0.05, 0.1) is 11.4 Å². The Bertz CT molecular complexity index is 1300.